The first-order chi connectivity index (χ1) is 9.28. The average molecular weight is 268 g/mol. The maximum atomic E-state index is 5.54. The smallest absolute Gasteiger partial charge is 0.0873 e. The van der Waals surface area contributed by atoms with Gasteiger partial charge < -0.3 is 9.47 Å². The fourth-order valence-corrected chi connectivity index (χ4v) is 1.73. The van der Waals surface area contributed by atoms with Gasteiger partial charge in [-0.3, -0.25) is 0 Å². The molecule has 0 radical (unpaired) electrons. The van der Waals surface area contributed by atoms with Crippen LogP contribution in [-0.4, -0.2) is 13.2 Å². The first-order valence-corrected chi connectivity index (χ1v) is 7.87. The van der Waals surface area contributed by atoms with Crippen LogP contribution in [0.4, 0.5) is 0 Å². The molecular weight excluding hydrogens is 236 g/mol. The van der Waals surface area contributed by atoms with E-state index in [1.165, 1.54) is 17.6 Å². The second-order valence-electron chi connectivity index (χ2n) is 4.77. The van der Waals surface area contributed by atoms with E-state index >= 15 is 0 Å². The summed E-state index contributed by atoms with van der Waals surface area (Å²) in [6.07, 6.45) is 11.6. The van der Waals surface area contributed by atoms with Crippen molar-refractivity contribution < 1.29 is 9.47 Å². The van der Waals surface area contributed by atoms with Gasteiger partial charge in [-0.1, -0.05) is 27.7 Å². The minimum Gasteiger partial charge on any atom is -0.501 e. The van der Waals surface area contributed by atoms with E-state index in [0.29, 0.717) is 0 Å². The van der Waals surface area contributed by atoms with Gasteiger partial charge in [0, 0.05) is 0 Å². The number of hydrogen-bond acceptors (Lipinski definition) is 2. The van der Waals surface area contributed by atoms with Crippen LogP contribution in [-0.2, 0) is 9.47 Å². The van der Waals surface area contributed by atoms with E-state index in [-0.39, 0.29) is 0 Å². The third-order valence-corrected chi connectivity index (χ3v) is 3.34. The molecule has 19 heavy (non-hydrogen) atoms. The van der Waals surface area contributed by atoms with E-state index in [9.17, 15) is 0 Å². The summed E-state index contributed by atoms with van der Waals surface area (Å²) in [7, 11) is 0. The lowest BCUT2D eigenvalue weighted by Crippen LogP contribution is -1.93. The van der Waals surface area contributed by atoms with Crippen molar-refractivity contribution in [1.29, 1.82) is 0 Å². The Balaban J connectivity index is 3.41. The van der Waals surface area contributed by atoms with Crippen LogP contribution in [0.25, 0.3) is 0 Å². The lowest BCUT2D eigenvalue weighted by Gasteiger charge is -2.05. The third-order valence-electron chi connectivity index (χ3n) is 3.34. The highest BCUT2D eigenvalue weighted by atomic mass is 16.5. The van der Waals surface area contributed by atoms with Gasteiger partial charge in [0.15, 0.2) is 0 Å². The summed E-state index contributed by atoms with van der Waals surface area (Å²) < 4.78 is 11.1. The van der Waals surface area contributed by atoms with E-state index in [4.69, 9.17) is 9.47 Å². The highest BCUT2D eigenvalue weighted by Crippen LogP contribution is 2.07. The molecule has 0 aromatic rings. The van der Waals surface area contributed by atoms with Crippen molar-refractivity contribution in [3.8, 4) is 0 Å². The number of unbranched alkanes of at least 4 members (excludes halogenated alkanes) is 2. The first-order valence-electron chi connectivity index (χ1n) is 7.87. The largest absolute Gasteiger partial charge is 0.501 e. The topological polar surface area (TPSA) is 18.5 Å². The zero-order valence-electron chi connectivity index (χ0n) is 13.3. The van der Waals surface area contributed by atoms with E-state index in [1.807, 2.05) is 12.5 Å². The molecule has 0 aliphatic carbocycles. The van der Waals surface area contributed by atoms with Crippen LogP contribution in [0.3, 0.4) is 0 Å². The van der Waals surface area contributed by atoms with Crippen LogP contribution >= 0.6 is 0 Å². The Morgan fingerprint density at radius 3 is 1.32 bits per heavy atom. The quantitative estimate of drug-likeness (QED) is 0.339. The molecule has 0 spiro atoms. The zero-order valence-corrected chi connectivity index (χ0v) is 13.3. The molecule has 2 heteroatoms. The summed E-state index contributed by atoms with van der Waals surface area (Å²) >= 11 is 0. The highest BCUT2D eigenvalue weighted by molar-refractivity contribution is 4.95. The molecule has 0 unspecified atom stereocenters. The number of allylic oxidation sites excluding steroid dienone is 2. The Bertz CT molecular complexity index is 216. The van der Waals surface area contributed by atoms with E-state index in [0.717, 1.165) is 51.7 Å². The molecule has 0 bridgehead atoms. The average Bonchev–Trinajstić information content (AvgIpc) is 2.45. The van der Waals surface area contributed by atoms with E-state index in [1.54, 1.807) is 0 Å². The van der Waals surface area contributed by atoms with Gasteiger partial charge in [-0.05, 0) is 56.1 Å². The molecule has 0 saturated heterocycles. The predicted octanol–water partition coefficient (Wildman–Crippen LogP) is 5.60. The molecule has 0 amide bonds. The molecule has 0 aliphatic heterocycles. The molecular formula is C17H32O2. The maximum Gasteiger partial charge on any atom is 0.0873 e. The molecule has 0 fully saturated rings. The normalized spacial score (nSPS) is 9.89. The summed E-state index contributed by atoms with van der Waals surface area (Å²) in [4.78, 5) is 0. The number of ether oxygens (including phenoxy) is 2. The van der Waals surface area contributed by atoms with Crippen molar-refractivity contribution >= 4 is 0 Å². The first kappa shape index (κ1) is 18.1. The summed E-state index contributed by atoms with van der Waals surface area (Å²) in [5, 5.41) is 0. The van der Waals surface area contributed by atoms with Gasteiger partial charge in [0.1, 0.15) is 0 Å². The molecule has 0 N–H and O–H groups in total. The Kier molecular flexibility index (Phi) is 12.9. The molecule has 0 saturated carbocycles. The molecule has 0 aromatic carbocycles. The van der Waals surface area contributed by atoms with Crippen LogP contribution in [0.15, 0.2) is 23.7 Å². The molecule has 0 aliphatic rings. The highest BCUT2D eigenvalue weighted by Gasteiger charge is 1.93. The summed E-state index contributed by atoms with van der Waals surface area (Å²) in [5.41, 5.74) is 2.78. The second-order valence-corrected chi connectivity index (χ2v) is 4.77. The van der Waals surface area contributed by atoms with Crippen molar-refractivity contribution in [1.82, 2.24) is 0 Å². The minimum atomic E-state index is 0.828. The van der Waals surface area contributed by atoms with E-state index in [2.05, 4.69) is 27.7 Å². The van der Waals surface area contributed by atoms with Crippen molar-refractivity contribution in [2.45, 2.75) is 72.6 Å². The summed E-state index contributed by atoms with van der Waals surface area (Å²) in [5.74, 6) is 0. The number of hydrogen-bond donors (Lipinski definition) is 0. The van der Waals surface area contributed by atoms with Gasteiger partial charge in [0.25, 0.3) is 0 Å². The lowest BCUT2D eigenvalue weighted by molar-refractivity contribution is 0.215. The molecule has 0 atom stereocenters. The second kappa shape index (κ2) is 13.5. The van der Waals surface area contributed by atoms with Gasteiger partial charge >= 0.3 is 0 Å². The Hall–Kier alpha value is -0.920. The van der Waals surface area contributed by atoms with Crippen LogP contribution < -0.4 is 0 Å². The fourth-order valence-electron chi connectivity index (χ4n) is 1.73. The lowest BCUT2D eigenvalue weighted by atomic mass is 10.2. The Morgan fingerprint density at radius 2 is 1.00 bits per heavy atom. The van der Waals surface area contributed by atoms with Gasteiger partial charge in [0.05, 0.1) is 25.7 Å². The van der Waals surface area contributed by atoms with Crippen molar-refractivity contribution in [3.05, 3.63) is 23.7 Å². The maximum absolute atomic E-state index is 5.54. The van der Waals surface area contributed by atoms with Crippen LogP contribution in [0.1, 0.15) is 72.6 Å². The summed E-state index contributed by atoms with van der Waals surface area (Å²) in [6, 6.07) is 0. The van der Waals surface area contributed by atoms with Gasteiger partial charge in [-0.2, -0.15) is 0 Å². The van der Waals surface area contributed by atoms with Crippen molar-refractivity contribution in [2.24, 2.45) is 0 Å². The standard InChI is InChI=1S/C17H32O2/c1-5-16(6-2)14-18-12-10-9-11-13-19-15-17(7-3)8-4/h14-15H,5-13H2,1-4H3. The molecule has 0 aromatic heterocycles. The Morgan fingerprint density at radius 1 is 0.632 bits per heavy atom. The molecule has 0 heterocycles. The van der Waals surface area contributed by atoms with Crippen LogP contribution in [0.2, 0.25) is 0 Å². The minimum absolute atomic E-state index is 0.828. The van der Waals surface area contributed by atoms with Crippen molar-refractivity contribution in [3.63, 3.8) is 0 Å². The van der Waals surface area contributed by atoms with Crippen molar-refractivity contribution in [2.75, 3.05) is 13.2 Å². The Labute approximate surface area is 119 Å². The fraction of sp³-hybridized carbons (Fsp3) is 0.765. The molecule has 2 nitrogen and oxygen atoms in total. The number of rotatable bonds is 12. The summed E-state index contributed by atoms with van der Waals surface area (Å²) in [6.45, 7) is 10.3. The zero-order chi connectivity index (χ0) is 14.3. The van der Waals surface area contributed by atoms with Crippen LogP contribution in [0.5, 0.6) is 0 Å². The van der Waals surface area contributed by atoms with Gasteiger partial charge in [0.2, 0.25) is 0 Å². The predicted molar refractivity (Wildman–Crippen MR) is 83.1 cm³/mol. The van der Waals surface area contributed by atoms with Gasteiger partial charge in [-0.15, -0.1) is 0 Å². The van der Waals surface area contributed by atoms with Gasteiger partial charge in [-0.25, -0.2) is 0 Å². The third kappa shape index (κ3) is 10.7. The monoisotopic (exact) mass is 268 g/mol. The molecule has 112 valence electrons. The molecule has 0 rings (SSSR count). The van der Waals surface area contributed by atoms with Crippen LogP contribution in [0, 0.1) is 0 Å². The SMILES string of the molecule is CCC(=COCCCCCOC=C(CC)CC)CC. The van der Waals surface area contributed by atoms with E-state index < -0.39 is 0 Å².